The van der Waals surface area contributed by atoms with Crippen LogP contribution in [0.3, 0.4) is 0 Å². The number of fused-ring (bicyclic) bond motifs is 1. The highest BCUT2D eigenvalue weighted by Gasteiger charge is 2.05. The van der Waals surface area contributed by atoms with Crippen LogP contribution in [-0.2, 0) is 9.53 Å². The number of nitrogens with zero attached hydrogens (tertiary/aromatic N) is 1. The van der Waals surface area contributed by atoms with Gasteiger partial charge in [0.2, 0.25) is 5.91 Å². The number of primary amides is 1. The molecule has 0 unspecified atom stereocenters. The van der Waals surface area contributed by atoms with Crippen LogP contribution in [-0.4, -0.2) is 35.6 Å². The van der Waals surface area contributed by atoms with E-state index >= 15 is 0 Å². The number of amides is 1. The van der Waals surface area contributed by atoms with Gasteiger partial charge < -0.3 is 26.5 Å². The van der Waals surface area contributed by atoms with Crippen molar-refractivity contribution in [2.75, 3.05) is 30.8 Å². The largest absolute Gasteiger partial charge is 0.397 e. The Labute approximate surface area is 114 Å². The van der Waals surface area contributed by atoms with Crippen LogP contribution in [0.4, 0.5) is 11.4 Å². The monoisotopic (exact) mass is 277 g/mol. The molecule has 6 N–H and O–H groups in total. The molecule has 2 rings (SSSR count). The summed E-state index contributed by atoms with van der Waals surface area (Å²) in [6, 6.07) is 3.25. The van der Waals surface area contributed by atoms with Crippen LogP contribution in [0.1, 0.15) is 0 Å². The van der Waals surface area contributed by atoms with Gasteiger partial charge >= 0.3 is 0 Å². The number of carbonyl (C=O) groups excluding carboxylic acids is 1. The third-order valence-corrected chi connectivity index (χ3v) is 2.62. The van der Waals surface area contributed by atoms with E-state index < -0.39 is 5.91 Å². The van der Waals surface area contributed by atoms with Crippen LogP contribution < -0.4 is 22.3 Å². The van der Waals surface area contributed by atoms with Crippen molar-refractivity contribution in [2.24, 2.45) is 5.73 Å². The van der Waals surface area contributed by atoms with E-state index in [4.69, 9.17) is 16.2 Å². The molecule has 0 fully saturated rings. The van der Waals surface area contributed by atoms with Crippen LogP contribution >= 0.6 is 0 Å². The van der Waals surface area contributed by atoms with Gasteiger partial charge in [0, 0.05) is 6.54 Å². The fraction of sp³-hybridized carbons (Fsp3) is 0.250. The van der Waals surface area contributed by atoms with Gasteiger partial charge in [0.15, 0.2) is 0 Å². The highest BCUT2D eigenvalue weighted by molar-refractivity contribution is 5.88. The van der Waals surface area contributed by atoms with E-state index in [1.54, 1.807) is 12.1 Å². The number of nitrogen functional groups attached to an aromatic ring is 1. The van der Waals surface area contributed by atoms with E-state index in [1.807, 2.05) is 0 Å². The molecule has 20 heavy (non-hydrogen) atoms. The second-order valence-electron chi connectivity index (χ2n) is 4.13. The number of ether oxygens (including phenoxy) is 1. The summed E-state index contributed by atoms with van der Waals surface area (Å²) in [4.78, 5) is 28.6. The van der Waals surface area contributed by atoms with E-state index in [2.05, 4.69) is 15.3 Å². The maximum atomic E-state index is 11.6. The predicted molar refractivity (Wildman–Crippen MR) is 75.3 cm³/mol. The molecule has 0 saturated heterocycles. The van der Waals surface area contributed by atoms with Gasteiger partial charge in [0.1, 0.15) is 6.61 Å². The van der Waals surface area contributed by atoms with Gasteiger partial charge in [0.25, 0.3) is 5.56 Å². The van der Waals surface area contributed by atoms with Crippen LogP contribution in [0, 0.1) is 0 Å². The number of rotatable bonds is 6. The Hall–Kier alpha value is -2.61. The average Bonchev–Trinajstić information content (AvgIpc) is 2.40. The number of aromatic amines is 1. The lowest BCUT2D eigenvalue weighted by atomic mass is 10.2. The quantitative estimate of drug-likeness (QED) is 0.412. The molecule has 1 aromatic heterocycles. The van der Waals surface area contributed by atoms with E-state index in [1.165, 1.54) is 6.33 Å². The number of benzene rings is 1. The molecule has 8 nitrogen and oxygen atoms in total. The standard InChI is InChI=1S/C12H15N5O3/c13-8-3-7-9(16-6-17-12(7)19)4-10(8)15-1-2-20-5-11(14)18/h3-4,6,15H,1-2,5,13H2,(H2,14,18)(H,16,17,19). The molecule has 0 atom stereocenters. The molecule has 0 bridgehead atoms. The number of hydrogen-bond donors (Lipinski definition) is 4. The minimum absolute atomic E-state index is 0.119. The molecule has 1 aromatic carbocycles. The second kappa shape index (κ2) is 6.02. The summed E-state index contributed by atoms with van der Waals surface area (Å²) in [5.74, 6) is -0.515. The summed E-state index contributed by atoms with van der Waals surface area (Å²) < 4.78 is 5.01. The van der Waals surface area contributed by atoms with Gasteiger partial charge in [-0.15, -0.1) is 0 Å². The van der Waals surface area contributed by atoms with Crippen molar-refractivity contribution in [3.63, 3.8) is 0 Å². The van der Waals surface area contributed by atoms with Gasteiger partial charge in [-0.1, -0.05) is 0 Å². The smallest absolute Gasteiger partial charge is 0.258 e. The van der Waals surface area contributed by atoms with Crippen molar-refractivity contribution in [3.8, 4) is 0 Å². The zero-order valence-electron chi connectivity index (χ0n) is 10.7. The number of nitrogens with one attached hydrogen (secondary N) is 2. The zero-order valence-corrected chi connectivity index (χ0v) is 10.7. The number of hydrogen-bond acceptors (Lipinski definition) is 6. The summed E-state index contributed by atoms with van der Waals surface area (Å²) >= 11 is 0. The van der Waals surface area contributed by atoms with E-state index in [0.29, 0.717) is 35.4 Å². The summed E-state index contributed by atoms with van der Waals surface area (Å²) in [6.07, 6.45) is 1.33. The Balaban J connectivity index is 2.05. The molecule has 0 saturated carbocycles. The number of carbonyl (C=O) groups is 1. The van der Waals surface area contributed by atoms with Crippen LogP contribution in [0.5, 0.6) is 0 Å². The minimum atomic E-state index is -0.515. The molecule has 2 aromatic rings. The van der Waals surface area contributed by atoms with Crippen molar-refractivity contribution >= 4 is 28.2 Å². The molecular formula is C12H15N5O3. The highest BCUT2D eigenvalue weighted by atomic mass is 16.5. The van der Waals surface area contributed by atoms with Gasteiger partial charge in [-0.2, -0.15) is 0 Å². The normalized spacial score (nSPS) is 10.6. The molecular weight excluding hydrogens is 262 g/mol. The van der Waals surface area contributed by atoms with Crippen molar-refractivity contribution < 1.29 is 9.53 Å². The molecule has 0 radical (unpaired) electrons. The third kappa shape index (κ3) is 3.23. The van der Waals surface area contributed by atoms with E-state index in [0.717, 1.165) is 0 Å². The molecule has 0 aliphatic rings. The SMILES string of the molecule is NC(=O)COCCNc1cc2nc[nH]c(=O)c2cc1N. The van der Waals surface area contributed by atoms with Crippen molar-refractivity contribution in [1.29, 1.82) is 0 Å². The van der Waals surface area contributed by atoms with Crippen LogP contribution in [0.2, 0.25) is 0 Å². The summed E-state index contributed by atoms with van der Waals surface area (Å²) in [6.45, 7) is 0.640. The first-order valence-corrected chi connectivity index (χ1v) is 5.95. The maximum absolute atomic E-state index is 11.6. The molecule has 0 aliphatic carbocycles. The minimum Gasteiger partial charge on any atom is -0.397 e. The van der Waals surface area contributed by atoms with Crippen LogP contribution in [0.15, 0.2) is 23.3 Å². The van der Waals surface area contributed by atoms with Crippen LogP contribution in [0.25, 0.3) is 10.9 Å². The van der Waals surface area contributed by atoms with E-state index in [9.17, 15) is 9.59 Å². The molecule has 1 amide bonds. The van der Waals surface area contributed by atoms with Gasteiger partial charge in [-0.3, -0.25) is 9.59 Å². The third-order valence-electron chi connectivity index (χ3n) is 2.62. The maximum Gasteiger partial charge on any atom is 0.258 e. The number of nitrogens with two attached hydrogens (primary N) is 2. The van der Waals surface area contributed by atoms with Crippen molar-refractivity contribution in [1.82, 2.24) is 9.97 Å². The molecule has 106 valence electrons. The van der Waals surface area contributed by atoms with Crippen molar-refractivity contribution in [2.45, 2.75) is 0 Å². The Morgan fingerprint density at radius 1 is 1.45 bits per heavy atom. The molecule has 1 heterocycles. The topological polar surface area (TPSA) is 136 Å². The second-order valence-corrected chi connectivity index (χ2v) is 4.13. The fourth-order valence-electron chi connectivity index (χ4n) is 1.72. The Bertz CT molecular complexity index is 682. The van der Waals surface area contributed by atoms with Gasteiger partial charge in [-0.05, 0) is 12.1 Å². The number of aromatic nitrogens is 2. The molecule has 8 heteroatoms. The number of anilines is 2. The first-order chi connectivity index (χ1) is 9.58. The first-order valence-electron chi connectivity index (χ1n) is 5.95. The average molecular weight is 277 g/mol. The van der Waals surface area contributed by atoms with Gasteiger partial charge in [-0.25, -0.2) is 4.98 Å². The zero-order chi connectivity index (χ0) is 14.5. The lowest BCUT2D eigenvalue weighted by Gasteiger charge is -2.10. The Morgan fingerprint density at radius 2 is 2.25 bits per heavy atom. The van der Waals surface area contributed by atoms with E-state index in [-0.39, 0.29) is 12.2 Å². The lowest BCUT2D eigenvalue weighted by Crippen LogP contribution is -2.20. The summed E-state index contributed by atoms with van der Waals surface area (Å²) in [7, 11) is 0. The summed E-state index contributed by atoms with van der Waals surface area (Å²) in [5, 5.41) is 3.47. The lowest BCUT2D eigenvalue weighted by molar-refractivity contribution is -0.122. The first kappa shape index (κ1) is 13.8. The Kier molecular flexibility index (Phi) is 4.16. The van der Waals surface area contributed by atoms with Crippen molar-refractivity contribution in [3.05, 3.63) is 28.8 Å². The molecule has 0 aliphatic heterocycles. The Morgan fingerprint density at radius 3 is 3.00 bits per heavy atom. The predicted octanol–water partition coefficient (Wildman–Crippen LogP) is -0.581. The molecule has 0 spiro atoms. The van der Waals surface area contributed by atoms with Gasteiger partial charge in [0.05, 0.1) is 35.2 Å². The fourth-order valence-corrected chi connectivity index (χ4v) is 1.72. The highest BCUT2D eigenvalue weighted by Crippen LogP contribution is 2.22. The summed E-state index contributed by atoms with van der Waals surface area (Å²) in [5.41, 5.74) is 12.2. The number of H-pyrrole nitrogens is 1.